The molecule has 1 aromatic heterocycles. The summed E-state index contributed by atoms with van der Waals surface area (Å²) in [4.78, 5) is 30.0. The molecule has 0 fully saturated rings. The van der Waals surface area contributed by atoms with Crippen molar-refractivity contribution in [2.24, 2.45) is 0 Å². The number of ether oxygens (including phenoxy) is 1. The molecule has 2 amide bonds. The SMILES string of the molecule is COc1ccc([C@H](C(=O)NCc2ccccc2)N(Cc2ccccc2)C(=O)Cc2cccs2)cc1. The lowest BCUT2D eigenvalue weighted by atomic mass is 10.0. The Balaban J connectivity index is 1.68. The number of hydrogen-bond donors (Lipinski definition) is 1. The highest BCUT2D eigenvalue weighted by Crippen LogP contribution is 2.27. The fourth-order valence-electron chi connectivity index (χ4n) is 3.91. The summed E-state index contributed by atoms with van der Waals surface area (Å²) in [5, 5.41) is 5.00. The minimum Gasteiger partial charge on any atom is -0.497 e. The molecule has 0 saturated heterocycles. The zero-order chi connectivity index (χ0) is 24.5. The smallest absolute Gasteiger partial charge is 0.247 e. The molecule has 0 radical (unpaired) electrons. The van der Waals surface area contributed by atoms with Crippen molar-refractivity contribution in [2.45, 2.75) is 25.6 Å². The molecule has 178 valence electrons. The Hall–Kier alpha value is -3.90. The highest BCUT2D eigenvalue weighted by Gasteiger charge is 2.31. The quantitative estimate of drug-likeness (QED) is 0.329. The van der Waals surface area contributed by atoms with Gasteiger partial charge >= 0.3 is 0 Å². The number of rotatable bonds is 10. The van der Waals surface area contributed by atoms with Gasteiger partial charge in [-0.2, -0.15) is 0 Å². The second-order valence-electron chi connectivity index (χ2n) is 8.14. The minimum atomic E-state index is -0.794. The lowest BCUT2D eigenvalue weighted by Gasteiger charge is -2.32. The van der Waals surface area contributed by atoms with Crippen molar-refractivity contribution in [3.8, 4) is 5.75 Å². The number of benzene rings is 3. The molecule has 1 N–H and O–H groups in total. The van der Waals surface area contributed by atoms with Crippen LogP contribution >= 0.6 is 11.3 Å². The van der Waals surface area contributed by atoms with Crippen LogP contribution < -0.4 is 10.1 Å². The Kier molecular flexibility index (Phi) is 8.30. The van der Waals surface area contributed by atoms with E-state index in [0.717, 1.165) is 21.6 Å². The van der Waals surface area contributed by atoms with Gasteiger partial charge in [-0.25, -0.2) is 0 Å². The summed E-state index contributed by atoms with van der Waals surface area (Å²) < 4.78 is 5.31. The highest BCUT2D eigenvalue weighted by molar-refractivity contribution is 7.10. The molecule has 0 saturated carbocycles. The van der Waals surface area contributed by atoms with Gasteiger partial charge in [-0.05, 0) is 40.3 Å². The molecule has 6 heteroatoms. The topological polar surface area (TPSA) is 58.6 Å². The standard InChI is InChI=1S/C29H28N2O3S/c1-34-25-16-14-24(15-17-25)28(29(33)30-20-22-9-4-2-5-10-22)31(21-23-11-6-3-7-12-23)27(32)19-26-13-8-18-35-26/h2-18,28H,19-21H2,1H3,(H,30,33)/t28-/m1/s1. The predicted molar refractivity (Wildman–Crippen MR) is 139 cm³/mol. The molecule has 0 unspecified atom stereocenters. The maximum absolute atomic E-state index is 13.7. The van der Waals surface area contributed by atoms with Gasteiger partial charge in [0.2, 0.25) is 11.8 Å². The third-order valence-corrected chi connectivity index (χ3v) is 6.60. The van der Waals surface area contributed by atoms with Crippen molar-refractivity contribution in [1.29, 1.82) is 0 Å². The molecular weight excluding hydrogens is 456 g/mol. The molecule has 3 aromatic carbocycles. The lowest BCUT2D eigenvalue weighted by Crippen LogP contribution is -2.43. The molecule has 4 rings (SSSR count). The number of carbonyl (C=O) groups excluding carboxylic acids is 2. The van der Waals surface area contributed by atoms with Crippen molar-refractivity contribution in [3.05, 3.63) is 124 Å². The molecule has 35 heavy (non-hydrogen) atoms. The Morgan fingerprint density at radius 1 is 0.857 bits per heavy atom. The van der Waals surface area contributed by atoms with Crippen LogP contribution in [0.15, 0.2) is 102 Å². The zero-order valence-corrected chi connectivity index (χ0v) is 20.4. The van der Waals surface area contributed by atoms with Crippen LogP contribution in [0.1, 0.15) is 27.6 Å². The largest absolute Gasteiger partial charge is 0.497 e. The van der Waals surface area contributed by atoms with E-state index in [1.807, 2.05) is 102 Å². The maximum atomic E-state index is 13.7. The Morgan fingerprint density at radius 3 is 2.11 bits per heavy atom. The molecule has 0 aliphatic carbocycles. The average molecular weight is 485 g/mol. The van der Waals surface area contributed by atoms with Gasteiger partial charge in [0.15, 0.2) is 0 Å². The van der Waals surface area contributed by atoms with Crippen molar-refractivity contribution < 1.29 is 14.3 Å². The first-order valence-corrected chi connectivity index (χ1v) is 12.3. The number of nitrogens with one attached hydrogen (secondary N) is 1. The fourth-order valence-corrected chi connectivity index (χ4v) is 4.60. The highest BCUT2D eigenvalue weighted by atomic mass is 32.1. The molecule has 1 atom stereocenters. The average Bonchev–Trinajstić information content (AvgIpc) is 3.41. The van der Waals surface area contributed by atoms with Gasteiger partial charge < -0.3 is 15.0 Å². The first kappa shape index (κ1) is 24.2. The van der Waals surface area contributed by atoms with Crippen LogP contribution in [0.3, 0.4) is 0 Å². The Bertz CT molecular complexity index is 1210. The second kappa shape index (κ2) is 12.0. The number of hydrogen-bond acceptors (Lipinski definition) is 4. The molecule has 0 spiro atoms. The van der Waals surface area contributed by atoms with Gasteiger partial charge in [-0.15, -0.1) is 11.3 Å². The second-order valence-corrected chi connectivity index (χ2v) is 9.17. The molecule has 0 bridgehead atoms. The fraction of sp³-hybridized carbons (Fsp3) is 0.172. The van der Waals surface area contributed by atoms with E-state index in [1.54, 1.807) is 12.0 Å². The van der Waals surface area contributed by atoms with Crippen LogP contribution in [0, 0.1) is 0 Å². The normalized spacial score (nSPS) is 11.5. The number of nitrogens with zero attached hydrogens (tertiary/aromatic N) is 1. The van der Waals surface area contributed by atoms with Crippen LogP contribution in [-0.2, 0) is 29.1 Å². The van der Waals surface area contributed by atoms with Crippen LogP contribution in [-0.4, -0.2) is 23.8 Å². The molecular formula is C29H28N2O3S. The molecule has 4 aromatic rings. The van der Waals surface area contributed by atoms with Gasteiger partial charge in [0.25, 0.3) is 0 Å². The van der Waals surface area contributed by atoms with Crippen molar-refractivity contribution in [3.63, 3.8) is 0 Å². The monoisotopic (exact) mass is 484 g/mol. The molecule has 0 aliphatic rings. The molecule has 0 aliphatic heterocycles. The predicted octanol–water partition coefficient (Wildman–Crippen LogP) is 5.39. The number of amides is 2. The van der Waals surface area contributed by atoms with E-state index in [2.05, 4.69) is 5.32 Å². The summed E-state index contributed by atoms with van der Waals surface area (Å²) >= 11 is 1.54. The van der Waals surface area contributed by atoms with E-state index >= 15 is 0 Å². The summed E-state index contributed by atoms with van der Waals surface area (Å²) in [6.07, 6.45) is 0.239. The van der Waals surface area contributed by atoms with Crippen LogP contribution in [0.5, 0.6) is 5.75 Å². The summed E-state index contributed by atoms with van der Waals surface area (Å²) in [5.74, 6) is 0.359. The van der Waals surface area contributed by atoms with Crippen molar-refractivity contribution >= 4 is 23.2 Å². The number of methoxy groups -OCH3 is 1. The Morgan fingerprint density at radius 2 is 1.51 bits per heavy atom. The van der Waals surface area contributed by atoms with Gasteiger partial charge in [-0.3, -0.25) is 9.59 Å². The Labute approximate surface area is 210 Å². The summed E-state index contributed by atoms with van der Waals surface area (Å²) in [6, 6.07) is 29.9. The summed E-state index contributed by atoms with van der Waals surface area (Å²) in [6.45, 7) is 0.700. The first-order valence-electron chi connectivity index (χ1n) is 11.5. The number of thiophene rings is 1. The van der Waals surface area contributed by atoms with E-state index in [4.69, 9.17) is 4.74 Å². The molecule has 5 nitrogen and oxygen atoms in total. The third-order valence-electron chi connectivity index (χ3n) is 5.72. The number of carbonyl (C=O) groups is 2. The van der Waals surface area contributed by atoms with Gasteiger partial charge in [0.1, 0.15) is 11.8 Å². The maximum Gasteiger partial charge on any atom is 0.247 e. The summed E-state index contributed by atoms with van der Waals surface area (Å²) in [5.41, 5.74) is 2.68. The van der Waals surface area contributed by atoms with E-state index in [0.29, 0.717) is 18.8 Å². The van der Waals surface area contributed by atoms with Gasteiger partial charge in [0, 0.05) is 18.0 Å². The zero-order valence-electron chi connectivity index (χ0n) is 19.6. The van der Waals surface area contributed by atoms with Gasteiger partial charge in [-0.1, -0.05) is 78.9 Å². The van der Waals surface area contributed by atoms with Gasteiger partial charge in [0.05, 0.1) is 13.5 Å². The minimum absolute atomic E-state index is 0.105. The molecule has 1 heterocycles. The van der Waals surface area contributed by atoms with E-state index in [-0.39, 0.29) is 18.2 Å². The van der Waals surface area contributed by atoms with E-state index in [1.165, 1.54) is 11.3 Å². The van der Waals surface area contributed by atoms with Crippen LogP contribution in [0.25, 0.3) is 0 Å². The first-order chi connectivity index (χ1) is 17.1. The third kappa shape index (κ3) is 6.58. The van der Waals surface area contributed by atoms with E-state index < -0.39 is 6.04 Å². The van der Waals surface area contributed by atoms with Crippen LogP contribution in [0.4, 0.5) is 0 Å². The van der Waals surface area contributed by atoms with E-state index in [9.17, 15) is 9.59 Å². The van der Waals surface area contributed by atoms with Crippen molar-refractivity contribution in [2.75, 3.05) is 7.11 Å². The lowest BCUT2D eigenvalue weighted by molar-refractivity contribution is -0.141. The van der Waals surface area contributed by atoms with Crippen molar-refractivity contribution in [1.82, 2.24) is 10.2 Å². The summed E-state index contributed by atoms with van der Waals surface area (Å²) in [7, 11) is 1.60. The van der Waals surface area contributed by atoms with Crippen LogP contribution in [0.2, 0.25) is 0 Å².